The van der Waals surface area contributed by atoms with Crippen LogP contribution < -0.4 is 5.32 Å². The molecule has 1 aromatic heterocycles. The van der Waals surface area contributed by atoms with Gasteiger partial charge in [-0.25, -0.2) is 4.98 Å². The number of hydrogen-bond donors (Lipinski definition) is 1. The third-order valence-electron chi connectivity index (χ3n) is 1.12. The molecule has 1 rings (SSSR count). The summed E-state index contributed by atoms with van der Waals surface area (Å²) in [6.07, 6.45) is 0. The Kier molecular flexibility index (Phi) is 2.95. The van der Waals surface area contributed by atoms with Crippen LogP contribution in [0.5, 0.6) is 0 Å². The Morgan fingerprint density at radius 3 is 2.33 bits per heavy atom. The zero-order valence-electron chi connectivity index (χ0n) is 6.56. The van der Waals surface area contributed by atoms with E-state index in [1.165, 1.54) is 0 Å². The summed E-state index contributed by atoms with van der Waals surface area (Å²) >= 11 is 11.3. The molecule has 0 amide bonds. The Bertz CT molecular complexity index is 290. The van der Waals surface area contributed by atoms with E-state index in [-0.39, 0.29) is 0 Å². The number of nitrogens with zero attached hydrogens (tertiary/aromatic N) is 1. The molecule has 2 nitrogen and oxygen atoms in total. The molecule has 4 heteroatoms. The highest BCUT2D eigenvalue weighted by Crippen LogP contribution is 2.19. The van der Waals surface area contributed by atoms with Crippen LogP contribution in [0.2, 0.25) is 10.3 Å². The van der Waals surface area contributed by atoms with Crippen LogP contribution in [0.4, 0.5) is 5.69 Å². The lowest BCUT2D eigenvalue weighted by molar-refractivity contribution is 1.30. The van der Waals surface area contributed by atoms with E-state index in [1.807, 2.05) is 6.92 Å². The summed E-state index contributed by atoms with van der Waals surface area (Å²) in [5.41, 5.74) is 1.63. The van der Waals surface area contributed by atoms with Gasteiger partial charge in [0.2, 0.25) is 0 Å². The van der Waals surface area contributed by atoms with Crippen LogP contribution in [0.25, 0.3) is 0 Å². The lowest BCUT2D eigenvalue weighted by Crippen LogP contribution is -1.93. The summed E-state index contributed by atoms with van der Waals surface area (Å²) in [6, 6.07) is 3.37. The minimum absolute atomic E-state index is 0.367. The first-order chi connectivity index (χ1) is 5.58. The molecule has 0 aromatic carbocycles. The molecule has 0 aliphatic rings. The zero-order chi connectivity index (χ0) is 9.14. The van der Waals surface area contributed by atoms with Gasteiger partial charge in [-0.3, -0.25) is 0 Å². The zero-order valence-corrected chi connectivity index (χ0v) is 8.08. The Balaban J connectivity index is 2.93. The number of hydrogen-bond acceptors (Lipinski definition) is 2. The van der Waals surface area contributed by atoms with Gasteiger partial charge in [-0.05, 0) is 19.1 Å². The van der Waals surface area contributed by atoms with Gasteiger partial charge in [0.15, 0.2) is 0 Å². The van der Waals surface area contributed by atoms with Gasteiger partial charge in [-0.1, -0.05) is 29.8 Å². The van der Waals surface area contributed by atoms with Gasteiger partial charge in [0.1, 0.15) is 10.3 Å². The number of anilines is 1. The molecule has 0 saturated carbocycles. The van der Waals surface area contributed by atoms with Gasteiger partial charge in [-0.2, -0.15) is 0 Å². The number of halogens is 2. The maximum atomic E-state index is 5.67. The number of aromatic nitrogens is 1. The first-order valence-corrected chi connectivity index (χ1v) is 4.09. The minimum atomic E-state index is 0.367. The second kappa shape index (κ2) is 3.78. The van der Waals surface area contributed by atoms with Crippen LogP contribution in [0.15, 0.2) is 24.4 Å². The molecule has 0 aliphatic heterocycles. The molecule has 12 heavy (non-hydrogen) atoms. The molecule has 0 atom stereocenters. The van der Waals surface area contributed by atoms with Crippen LogP contribution in [0, 0.1) is 0 Å². The quantitative estimate of drug-likeness (QED) is 0.745. The molecule has 1 heterocycles. The number of pyridine rings is 1. The predicted octanol–water partition coefficient (Wildman–Crippen LogP) is 3.33. The lowest BCUT2D eigenvalue weighted by Gasteiger charge is -2.04. The molecule has 1 N–H and O–H groups in total. The van der Waals surface area contributed by atoms with Gasteiger partial charge in [-0.15, -0.1) is 0 Å². The predicted molar refractivity (Wildman–Crippen MR) is 52.7 cm³/mol. The maximum absolute atomic E-state index is 5.67. The molecule has 0 bridgehead atoms. The second-order valence-electron chi connectivity index (χ2n) is 2.41. The third-order valence-corrected chi connectivity index (χ3v) is 1.51. The van der Waals surface area contributed by atoms with Gasteiger partial charge >= 0.3 is 0 Å². The van der Waals surface area contributed by atoms with Gasteiger partial charge in [0.05, 0.1) is 0 Å². The molecule has 0 spiro atoms. The van der Waals surface area contributed by atoms with Crippen molar-refractivity contribution in [1.29, 1.82) is 0 Å². The second-order valence-corrected chi connectivity index (χ2v) is 3.18. The highest BCUT2D eigenvalue weighted by Gasteiger charge is 1.97. The van der Waals surface area contributed by atoms with E-state index in [0.29, 0.717) is 10.3 Å². The molecule has 0 aliphatic carbocycles. The van der Waals surface area contributed by atoms with Crippen molar-refractivity contribution in [2.24, 2.45) is 0 Å². The number of nitrogens with one attached hydrogen (secondary N) is 1. The van der Waals surface area contributed by atoms with Crippen molar-refractivity contribution in [2.75, 3.05) is 5.32 Å². The van der Waals surface area contributed by atoms with Crippen molar-refractivity contribution in [1.82, 2.24) is 4.98 Å². The maximum Gasteiger partial charge on any atom is 0.132 e. The molecule has 0 saturated heterocycles. The molecular formula is C8H8Cl2N2. The van der Waals surface area contributed by atoms with E-state index < -0.39 is 0 Å². The summed E-state index contributed by atoms with van der Waals surface area (Å²) in [5.74, 6) is 0. The standard InChI is InChI=1S/C8H8Cl2N2/c1-5(2)11-6-3-7(9)12-8(10)4-6/h3-4H,1H2,2H3,(H,11,12). The fourth-order valence-electron chi connectivity index (χ4n) is 0.783. The molecule has 0 fully saturated rings. The van der Waals surface area contributed by atoms with Crippen LogP contribution in [0.3, 0.4) is 0 Å². The van der Waals surface area contributed by atoms with E-state index >= 15 is 0 Å². The van der Waals surface area contributed by atoms with Crippen molar-refractivity contribution >= 4 is 28.9 Å². The van der Waals surface area contributed by atoms with E-state index in [9.17, 15) is 0 Å². The van der Waals surface area contributed by atoms with E-state index in [0.717, 1.165) is 11.4 Å². The summed E-state index contributed by atoms with van der Waals surface area (Å²) in [7, 11) is 0. The summed E-state index contributed by atoms with van der Waals surface area (Å²) < 4.78 is 0. The van der Waals surface area contributed by atoms with Crippen molar-refractivity contribution in [2.45, 2.75) is 6.92 Å². The first kappa shape index (κ1) is 9.36. The summed E-state index contributed by atoms with van der Waals surface area (Å²) in [5, 5.41) is 3.72. The SMILES string of the molecule is C=C(C)Nc1cc(Cl)nc(Cl)c1. The van der Waals surface area contributed by atoms with Crippen molar-refractivity contribution in [3.05, 3.63) is 34.7 Å². The van der Waals surface area contributed by atoms with Crippen molar-refractivity contribution in [3.63, 3.8) is 0 Å². The normalized spacial score (nSPS) is 9.58. The lowest BCUT2D eigenvalue weighted by atomic mass is 10.4. The molecule has 0 radical (unpaired) electrons. The average Bonchev–Trinajstić information content (AvgIpc) is 1.81. The Morgan fingerprint density at radius 1 is 1.42 bits per heavy atom. The van der Waals surface area contributed by atoms with Crippen LogP contribution >= 0.6 is 23.2 Å². The monoisotopic (exact) mass is 202 g/mol. The number of allylic oxidation sites excluding steroid dienone is 1. The van der Waals surface area contributed by atoms with E-state index in [1.54, 1.807) is 12.1 Å². The first-order valence-electron chi connectivity index (χ1n) is 3.33. The third kappa shape index (κ3) is 2.72. The molecular weight excluding hydrogens is 195 g/mol. The fourth-order valence-corrected chi connectivity index (χ4v) is 1.24. The summed E-state index contributed by atoms with van der Waals surface area (Å²) in [6.45, 7) is 5.54. The highest BCUT2D eigenvalue weighted by molar-refractivity contribution is 6.32. The van der Waals surface area contributed by atoms with Crippen LogP contribution in [0.1, 0.15) is 6.92 Å². The van der Waals surface area contributed by atoms with Gasteiger partial charge < -0.3 is 5.32 Å². The largest absolute Gasteiger partial charge is 0.360 e. The number of rotatable bonds is 2. The van der Waals surface area contributed by atoms with Crippen molar-refractivity contribution < 1.29 is 0 Å². The molecule has 0 unspecified atom stereocenters. The van der Waals surface area contributed by atoms with E-state index in [4.69, 9.17) is 23.2 Å². The minimum Gasteiger partial charge on any atom is -0.360 e. The Hall–Kier alpha value is -0.730. The Morgan fingerprint density at radius 2 is 1.92 bits per heavy atom. The van der Waals surface area contributed by atoms with E-state index in [2.05, 4.69) is 16.9 Å². The highest BCUT2D eigenvalue weighted by atomic mass is 35.5. The summed E-state index contributed by atoms with van der Waals surface area (Å²) in [4.78, 5) is 3.80. The van der Waals surface area contributed by atoms with Gasteiger partial charge in [0.25, 0.3) is 0 Å². The smallest absolute Gasteiger partial charge is 0.132 e. The fraction of sp³-hybridized carbons (Fsp3) is 0.125. The Labute approximate surface area is 81.2 Å². The van der Waals surface area contributed by atoms with Crippen molar-refractivity contribution in [3.8, 4) is 0 Å². The topological polar surface area (TPSA) is 24.9 Å². The average molecular weight is 203 g/mol. The van der Waals surface area contributed by atoms with Crippen LogP contribution in [-0.2, 0) is 0 Å². The van der Waals surface area contributed by atoms with Crippen LogP contribution in [-0.4, -0.2) is 4.98 Å². The molecule has 1 aromatic rings. The molecule has 64 valence electrons. The van der Waals surface area contributed by atoms with Gasteiger partial charge in [0, 0.05) is 11.4 Å².